The molecule has 0 atom stereocenters. The lowest BCUT2D eigenvalue weighted by Crippen LogP contribution is -2.13. The normalized spacial score (nSPS) is 10.9. The van der Waals surface area contributed by atoms with Crippen molar-refractivity contribution in [2.45, 2.75) is 22.9 Å². The molecule has 0 saturated carbocycles. The summed E-state index contributed by atoms with van der Waals surface area (Å²) in [5, 5.41) is 10.5. The van der Waals surface area contributed by atoms with Crippen molar-refractivity contribution < 1.29 is 13.7 Å². The maximum absolute atomic E-state index is 13.6. The zero-order valence-electron chi connectivity index (χ0n) is 15.0. The van der Waals surface area contributed by atoms with Crippen LogP contribution in [-0.2, 0) is 17.0 Å². The Bertz CT molecular complexity index is 1090. The van der Waals surface area contributed by atoms with Crippen molar-refractivity contribution >= 4 is 46.0 Å². The summed E-state index contributed by atoms with van der Waals surface area (Å²) in [6.45, 7) is 0. The number of thiazole rings is 1. The van der Waals surface area contributed by atoms with Crippen LogP contribution in [0.1, 0.15) is 18.1 Å². The Hall–Kier alpha value is -2.56. The molecule has 0 bridgehead atoms. The van der Waals surface area contributed by atoms with Crippen molar-refractivity contribution in [3.8, 4) is 10.6 Å². The molecule has 0 aliphatic carbocycles. The Morgan fingerprint density at radius 3 is 2.90 bits per heavy atom. The number of benzene rings is 1. The molecule has 29 heavy (non-hydrogen) atoms. The molecule has 1 aromatic carbocycles. The van der Waals surface area contributed by atoms with Gasteiger partial charge in [-0.25, -0.2) is 9.37 Å². The highest BCUT2D eigenvalue weighted by atomic mass is 32.2. The van der Waals surface area contributed by atoms with Gasteiger partial charge in [0.05, 0.1) is 22.0 Å². The van der Waals surface area contributed by atoms with E-state index in [0.29, 0.717) is 17.5 Å². The lowest BCUT2D eigenvalue weighted by Gasteiger charge is -2.04. The summed E-state index contributed by atoms with van der Waals surface area (Å²) in [5.74, 6) is 0.674. The lowest BCUT2D eigenvalue weighted by atomic mass is 10.2. The predicted molar refractivity (Wildman–Crippen MR) is 113 cm³/mol. The molecule has 1 N–H and O–H groups in total. The van der Waals surface area contributed by atoms with E-state index in [4.69, 9.17) is 4.52 Å². The first-order valence-corrected chi connectivity index (χ1v) is 11.4. The summed E-state index contributed by atoms with van der Waals surface area (Å²) in [6.07, 6.45) is 0.414. The standard InChI is InChI=1S/C19H15FN4O2S3/c20-12-4-1-2-5-13(12)21-17(25)7-8-18-23-16(24-26-18)11-29-19-22-14(10-28-19)15-6-3-9-27-15/h1-6,9-10H,7-8,11H2,(H,21,25). The van der Waals surface area contributed by atoms with Crippen LogP contribution in [0.5, 0.6) is 0 Å². The highest BCUT2D eigenvalue weighted by Crippen LogP contribution is 2.31. The number of thiophene rings is 1. The van der Waals surface area contributed by atoms with Crippen molar-refractivity contribution in [2.24, 2.45) is 0 Å². The third-order valence-corrected chi connectivity index (χ3v) is 6.71. The fraction of sp³-hybridized carbons (Fsp3) is 0.158. The molecule has 0 aliphatic rings. The van der Waals surface area contributed by atoms with Gasteiger partial charge in [-0.3, -0.25) is 4.79 Å². The van der Waals surface area contributed by atoms with Crippen LogP contribution in [0, 0.1) is 5.82 Å². The molecule has 4 aromatic rings. The molecular formula is C19H15FN4O2S3. The van der Waals surface area contributed by atoms with E-state index < -0.39 is 5.82 Å². The van der Waals surface area contributed by atoms with Crippen LogP contribution in [0.3, 0.4) is 0 Å². The zero-order valence-corrected chi connectivity index (χ0v) is 17.5. The number of rotatable bonds is 8. The quantitative estimate of drug-likeness (QED) is 0.372. The molecule has 0 spiro atoms. The van der Waals surface area contributed by atoms with Crippen LogP contribution in [0.25, 0.3) is 10.6 Å². The van der Waals surface area contributed by atoms with Crippen LogP contribution in [-0.4, -0.2) is 21.0 Å². The number of thioether (sulfide) groups is 1. The molecule has 6 nitrogen and oxygen atoms in total. The molecule has 3 heterocycles. The van der Waals surface area contributed by atoms with E-state index in [0.717, 1.165) is 14.9 Å². The third kappa shape index (κ3) is 5.28. The van der Waals surface area contributed by atoms with Gasteiger partial charge in [-0.05, 0) is 23.6 Å². The topological polar surface area (TPSA) is 80.9 Å². The number of hydrogen-bond donors (Lipinski definition) is 1. The summed E-state index contributed by atoms with van der Waals surface area (Å²) in [4.78, 5) is 22.0. The Balaban J connectivity index is 1.25. The van der Waals surface area contributed by atoms with Crippen molar-refractivity contribution in [1.29, 1.82) is 0 Å². The Morgan fingerprint density at radius 2 is 2.07 bits per heavy atom. The number of nitrogens with zero attached hydrogens (tertiary/aromatic N) is 3. The number of halogens is 1. The number of carbonyl (C=O) groups is 1. The van der Waals surface area contributed by atoms with Gasteiger partial charge >= 0.3 is 0 Å². The Labute approximate surface area is 178 Å². The number of amides is 1. The number of carbonyl (C=O) groups excluding carboxylic acids is 1. The molecular weight excluding hydrogens is 431 g/mol. The number of para-hydroxylation sites is 1. The van der Waals surface area contributed by atoms with Crippen LogP contribution in [0.2, 0.25) is 0 Å². The molecule has 0 radical (unpaired) electrons. The molecule has 4 rings (SSSR count). The van der Waals surface area contributed by atoms with Gasteiger partial charge in [0, 0.05) is 18.2 Å². The van der Waals surface area contributed by atoms with Gasteiger partial charge < -0.3 is 9.84 Å². The van der Waals surface area contributed by atoms with Crippen LogP contribution in [0.4, 0.5) is 10.1 Å². The van der Waals surface area contributed by atoms with Gasteiger partial charge in [0.1, 0.15) is 5.82 Å². The Morgan fingerprint density at radius 1 is 1.17 bits per heavy atom. The van der Waals surface area contributed by atoms with E-state index in [-0.39, 0.29) is 24.4 Å². The van der Waals surface area contributed by atoms with Crippen LogP contribution < -0.4 is 5.32 Å². The molecule has 1 amide bonds. The first kappa shape index (κ1) is 19.7. The number of aromatic nitrogens is 3. The van der Waals surface area contributed by atoms with Crippen molar-refractivity contribution in [2.75, 3.05) is 5.32 Å². The van der Waals surface area contributed by atoms with E-state index in [1.165, 1.54) is 23.9 Å². The van der Waals surface area contributed by atoms with E-state index in [9.17, 15) is 9.18 Å². The second kappa shape index (κ2) is 9.29. The summed E-state index contributed by atoms with van der Waals surface area (Å²) < 4.78 is 19.7. The van der Waals surface area contributed by atoms with Gasteiger partial charge in [0.2, 0.25) is 11.8 Å². The van der Waals surface area contributed by atoms with Crippen molar-refractivity contribution in [1.82, 2.24) is 15.1 Å². The number of aryl methyl sites for hydroxylation is 1. The van der Waals surface area contributed by atoms with Crippen LogP contribution in [0.15, 0.2) is 56.0 Å². The molecule has 0 fully saturated rings. The van der Waals surface area contributed by atoms with E-state index >= 15 is 0 Å². The van der Waals surface area contributed by atoms with E-state index in [1.807, 2.05) is 22.9 Å². The molecule has 3 aromatic heterocycles. The average molecular weight is 447 g/mol. The van der Waals surface area contributed by atoms with Gasteiger partial charge in [0.15, 0.2) is 10.2 Å². The highest BCUT2D eigenvalue weighted by Gasteiger charge is 2.12. The number of hydrogen-bond acceptors (Lipinski definition) is 8. The second-order valence-corrected chi connectivity index (χ2v) is 8.93. The maximum Gasteiger partial charge on any atom is 0.227 e. The zero-order chi connectivity index (χ0) is 20.1. The summed E-state index contributed by atoms with van der Waals surface area (Å²) >= 11 is 4.78. The predicted octanol–water partition coefficient (Wildman–Crippen LogP) is 5.26. The summed E-state index contributed by atoms with van der Waals surface area (Å²) in [7, 11) is 0. The largest absolute Gasteiger partial charge is 0.339 e. The SMILES string of the molecule is O=C(CCc1nc(CSc2nc(-c3cccs3)cs2)no1)Nc1ccccc1F. The smallest absolute Gasteiger partial charge is 0.227 e. The van der Waals surface area contributed by atoms with Gasteiger partial charge in [-0.1, -0.05) is 35.1 Å². The maximum atomic E-state index is 13.6. The van der Waals surface area contributed by atoms with Gasteiger partial charge in [0.25, 0.3) is 0 Å². The van der Waals surface area contributed by atoms with Crippen molar-refractivity contribution in [3.63, 3.8) is 0 Å². The van der Waals surface area contributed by atoms with Gasteiger partial charge in [-0.15, -0.1) is 22.7 Å². The monoisotopic (exact) mass is 446 g/mol. The van der Waals surface area contributed by atoms with E-state index in [1.54, 1.807) is 34.8 Å². The minimum Gasteiger partial charge on any atom is -0.339 e. The molecule has 148 valence electrons. The minimum absolute atomic E-state index is 0.125. The molecule has 10 heteroatoms. The first-order valence-electron chi connectivity index (χ1n) is 8.65. The third-order valence-electron chi connectivity index (χ3n) is 3.81. The second-order valence-electron chi connectivity index (χ2n) is 5.90. The van der Waals surface area contributed by atoms with Gasteiger partial charge in [-0.2, -0.15) is 4.98 Å². The lowest BCUT2D eigenvalue weighted by molar-refractivity contribution is -0.116. The highest BCUT2D eigenvalue weighted by molar-refractivity contribution is 8.00. The number of nitrogens with one attached hydrogen (secondary N) is 1. The average Bonchev–Trinajstić information content (AvgIpc) is 3.47. The summed E-state index contributed by atoms with van der Waals surface area (Å²) in [6, 6.07) is 10.1. The van der Waals surface area contributed by atoms with Crippen LogP contribution >= 0.6 is 34.4 Å². The first-order chi connectivity index (χ1) is 14.2. The fourth-order valence-electron chi connectivity index (χ4n) is 2.43. The molecule has 0 aliphatic heterocycles. The molecule has 0 unspecified atom stereocenters. The molecule has 0 saturated heterocycles. The minimum atomic E-state index is -0.470. The Kier molecular flexibility index (Phi) is 6.33. The van der Waals surface area contributed by atoms with Crippen molar-refractivity contribution in [3.05, 3.63) is 64.7 Å². The summed E-state index contributed by atoms with van der Waals surface area (Å²) in [5.41, 5.74) is 1.13. The van der Waals surface area contributed by atoms with E-state index in [2.05, 4.69) is 20.4 Å². The number of anilines is 1. The fourth-order valence-corrected chi connectivity index (χ4v) is 4.86.